The molecule has 0 fully saturated rings. The summed E-state index contributed by atoms with van der Waals surface area (Å²) >= 11 is 0. The second-order valence-electron chi connectivity index (χ2n) is 3.51. The van der Waals surface area contributed by atoms with Crippen molar-refractivity contribution in [2.24, 2.45) is 5.73 Å². The molecule has 1 aromatic carbocycles. The molecule has 9 heteroatoms. The minimum Gasteiger partial charge on any atom is -0.434 e. The van der Waals surface area contributed by atoms with Crippen molar-refractivity contribution in [3.05, 3.63) is 29.8 Å². The summed E-state index contributed by atoms with van der Waals surface area (Å²) in [5.74, 6) is -6.09. The van der Waals surface area contributed by atoms with Crippen LogP contribution in [0.15, 0.2) is 24.3 Å². The molecule has 1 atom stereocenters. The minimum atomic E-state index is -5.90. The molecule has 2 nitrogen and oxygen atoms in total. The van der Waals surface area contributed by atoms with E-state index in [2.05, 4.69) is 4.74 Å². The van der Waals surface area contributed by atoms with E-state index in [0.29, 0.717) is 0 Å². The van der Waals surface area contributed by atoms with Gasteiger partial charge in [0.15, 0.2) is 0 Å². The Morgan fingerprint density at radius 1 is 1.00 bits per heavy atom. The largest absolute Gasteiger partial charge is 0.455 e. The molecule has 0 aliphatic carbocycles. The second-order valence-corrected chi connectivity index (χ2v) is 3.51. The van der Waals surface area contributed by atoms with Crippen LogP contribution in [0, 0.1) is 0 Å². The molecule has 0 aliphatic rings. The van der Waals surface area contributed by atoms with Crippen LogP contribution in [-0.2, 0) is 0 Å². The van der Waals surface area contributed by atoms with Crippen molar-refractivity contribution in [2.75, 3.05) is 0 Å². The molecule has 0 aromatic heterocycles. The highest BCUT2D eigenvalue weighted by Gasteiger charge is 2.62. The number of rotatable bonds is 4. The predicted molar refractivity (Wildman–Crippen MR) is 51.0 cm³/mol. The Morgan fingerprint density at radius 3 is 2.00 bits per heavy atom. The van der Waals surface area contributed by atoms with Crippen LogP contribution in [0.5, 0.6) is 5.75 Å². The van der Waals surface area contributed by atoms with Crippen LogP contribution in [0.4, 0.5) is 30.7 Å². The summed E-state index contributed by atoms with van der Waals surface area (Å²) in [6, 6.07) is 0.970. The van der Waals surface area contributed by atoms with Gasteiger partial charge in [-0.2, -0.15) is 30.7 Å². The molecular weight excluding hydrogens is 283 g/mol. The van der Waals surface area contributed by atoms with Crippen molar-refractivity contribution >= 4 is 0 Å². The molecular formula is C10H8F7NO. The number of benzene rings is 1. The first-order chi connectivity index (χ1) is 8.57. The first-order valence-corrected chi connectivity index (χ1v) is 4.81. The average molecular weight is 291 g/mol. The Kier molecular flexibility index (Phi) is 4.28. The zero-order valence-electron chi connectivity index (χ0n) is 9.10. The van der Waals surface area contributed by atoms with Gasteiger partial charge in [-0.3, -0.25) is 0 Å². The lowest BCUT2D eigenvalue weighted by Gasteiger charge is -2.27. The molecule has 0 bridgehead atoms. The summed E-state index contributed by atoms with van der Waals surface area (Å²) in [5.41, 5.74) is 3.98. The van der Waals surface area contributed by atoms with Crippen molar-refractivity contribution in [2.45, 2.75) is 24.8 Å². The third kappa shape index (κ3) is 3.28. The zero-order valence-corrected chi connectivity index (χ0v) is 9.10. The van der Waals surface area contributed by atoms with Gasteiger partial charge in [-0.05, 0) is 6.07 Å². The monoisotopic (exact) mass is 291 g/mol. The highest BCUT2D eigenvalue weighted by molar-refractivity contribution is 5.37. The van der Waals surface area contributed by atoms with Gasteiger partial charge in [0.1, 0.15) is 11.8 Å². The molecule has 1 aromatic rings. The topological polar surface area (TPSA) is 35.2 Å². The van der Waals surface area contributed by atoms with E-state index in [4.69, 9.17) is 5.73 Å². The number of ether oxygens (including phenoxy) is 1. The SMILES string of the molecule is N[C@H](c1ccccc1OC(F)F)C(F)(F)C(F)(F)F. The van der Waals surface area contributed by atoms with Gasteiger partial charge < -0.3 is 10.5 Å². The van der Waals surface area contributed by atoms with Crippen LogP contribution in [0.2, 0.25) is 0 Å². The van der Waals surface area contributed by atoms with Gasteiger partial charge in [0.25, 0.3) is 0 Å². The number of hydrogen-bond acceptors (Lipinski definition) is 2. The van der Waals surface area contributed by atoms with Gasteiger partial charge in [-0.25, -0.2) is 0 Å². The van der Waals surface area contributed by atoms with E-state index in [1.165, 1.54) is 0 Å². The smallest absolute Gasteiger partial charge is 0.434 e. The van der Waals surface area contributed by atoms with Crippen molar-refractivity contribution in [3.8, 4) is 5.75 Å². The van der Waals surface area contributed by atoms with Gasteiger partial charge in [0.2, 0.25) is 0 Å². The number of hydrogen-bond donors (Lipinski definition) is 1. The van der Waals surface area contributed by atoms with Gasteiger partial charge in [0.05, 0.1) is 0 Å². The summed E-state index contributed by atoms with van der Waals surface area (Å²) in [6.07, 6.45) is -5.90. The summed E-state index contributed by atoms with van der Waals surface area (Å²) in [7, 11) is 0. The molecule has 0 radical (unpaired) electrons. The molecule has 0 unspecified atom stereocenters. The Hall–Kier alpha value is -1.51. The Balaban J connectivity index is 3.16. The predicted octanol–water partition coefficient (Wildman–Crippen LogP) is 3.49. The van der Waals surface area contributed by atoms with Gasteiger partial charge in [0, 0.05) is 5.56 Å². The average Bonchev–Trinajstić information content (AvgIpc) is 2.26. The highest BCUT2D eigenvalue weighted by atomic mass is 19.4. The highest BCUT2D eigenvalue weighted by Crippen LogP contribution is 2.45. The first kappa shape index (κ1) is 15.5. The zero-order chi connectivity index (χ0) is 14.8. The minimum absolute atomic E-state index is 0.766. The molecule has 1 rings (SSSR count). The second kappa shape index (κ2) is 5.24. The Labute approximate surface area is 103 Å². The molecule has 19 heavy (non-hydrogen) atoms. The van der Waals surface area contributed by atoms with Gasteiger partial charge in [-0.15, -0.1) is 0 Å². The Bertz CT molecular complexity index is 432. The molecule has 0 aliphatic heterocycles. The van der Waals surface area contributed by atoms with Crippen LogP contribution in [0.25, 0.3) is 0 Å². The fourth-order valence-electron chi connectivity index (χ4n) is 1.31. The fraction of sp³-hybridized carbons (Fsp3) is 0.400. The first-order valence-electron chi connectivity index (χ1n) is 4.81. The number of alkyl halides is 7. The number of para-hydroxylation sites is 1. The van der Waals surface area contributed by atoms with Crippen LogP contribution < -0.4 is 10.5 Å². The van der Waals surface area contributed by atoms with Crippen LogP contribution >= 0.6 is 0 Å². The molecule has 0 saturated carbocycles. The lowest BCUT2D eigenvalue weighted by Crippen LogP contribution is -2.46. The van der Waals surface area contributed by atoms with Crippen LogP contribution in [0.3, 0.4) is 0 Å². The maximum atomic E-state index is 13.0. The lowest BCUT2D eigenvalue weighted by molar-refractivity contribution is -0.291. The number of nitrogens with two attached hydrogens (primary N) is 1. The number of halogens is 7. The van der Waals surface area contributed by atoms with Crippen LogP contribution in [-0.4, -0.2) is 18.7 Å². The Morgan fingerprint density at radius 2 is 1.53 bits per heavy atom. The van der Waals surface area contributed by atoms with E-state index in [0.717, 1.165) is 24.3 Å². The maximum absolute atomic E-state index is 13.0. The maximum Gasteiger partial charge on any atom is 0.455 e. The summed E-state index contributed by atoms with van der Waals surface area (Å²) in [4.78, 5) is 0. The molecule has 2 N–H and O–H groups in total. The van der Waals surface area contributed by atoms with Crippen molar-refractivity contribution in [1.29, 1.82) is 0 Å². The van der Waals surface area contributed by atoms with E-state index in [9.17, 15) is 30.7 Å². The van der Waals surface area contributed by atoms with Crippen molar-refractivity contribution in [1.82, 2.24) is 0 Å². The lowest BCUT2D eigenvalue weighted by atomic mass is 10.00. The third-order valence-corrected chi connectivity index (χ3v) is 2.24. The fourth-order valence-corrected chi connectivity index (χ4v) is 1.31. The standard InChI is InChI=1S/C10H8F7NO/c11-8(12)19-6-4-2-1-3-5(6)7(18)9(13,14)10(15,16)17/h1-4,7-8H,18H2/t7-/m1/s1. The van der Waals surface area contributed by atoms with Crippen LogP contribution in [0.1, 0.15) is 11.6 Å². The molecule has 108 valence electrons. The van der Waals surface area contributed by atoms with E-state index < -0.39 is 36.1 Å². The van der Waals surface area contributed by atoms with Crippen molar-refractivity contribution < 1.29 is 35.5 Å². The third-order valence-electron chi connectivity index (χ3n) is 2.24. The quantitative estimate of drug-likeness (QED) is 0.862. The summed E-state index contributed by atoms with van der Waals surface area (Å²) in [5, 5.41) is 0. The normalized spacial score (nSPS) is 14.6. The van der Waals surface area contributed by atoms with E-state index in [-0.39, 0.29) is 0 Å². The van der Waals surface area contributed by atoms with E-state index in [1.54, 1.807) is 0 Å². The van der Waals surface area contributed by atoms with Gasteiger partial charge in [-0.1, -0.05) is 18.2 Å². The van der Waals surface area contributed by atoms with Gasteiger partial charge >= 0.3 is 18.7 Å². The van der Waals surface area contributed by atoms with Crippen molar-refractivity contribution in [3.63, 3.8) is 0 Å². The summed E-state index contributed by atoms with van der Waals surface area (Å²) in [6.45, 7) is -3.37. The molecule has 0 amide bonds. The molecule has 0 saturated heterocycles. The molecule has 0 spiro atoms. The van der Waals surface area contributed by atoms with E-state index in [1.807, 2.05) is 0 Å². The summed E-state index contributed by atoms with van der Waals surface area (Å²) < 4.78 is 90.4. The van der Waals surface area contributed by atoms with E-state index >= 15 is 0 Å². The molecule has 0 heterocycles.